The number of nitrogens with one attached hydrogen (secondary N) is 1. The number of anilines is 3. The number of benzene rings is 1. The van der Waals surface area contributed by atoms with Crippen molar-refractivity contribution in [3.63, 3.8) is 0 Å². The summed E-state index contributed by atoms with van der Waals surface area (Å²) in [4.78, 5) is 15.7. The summed E-state index contributed by atoms with van der Waals surface area (Å²) in [5.41, 5.74) is 6.88. The van der Waals surface area contributed by atoms with E-state index in [-0.39, 0.29) is 12.0 Å². The van der Waals surface area contributed by atoms with Gasteiger partial charge in [0.2, 0.25) is 11.9 Å². The van der Waals surface area contributed by atoms with Crippen LogP contribution in [0.15, 0.2) is 30.3 Å². The molecule has 1 aliphatic carbocycles. The van der Waals surface area contributed by atoms with Gasteiger partial charge in [-0.15, -0.1) is 0 Å². The summed E-state index contributed by atoms with van der Waals surface area (Å²) in [6.45, 7) is 4.12. The number of likely N-dealkylation sites (tertiary alicyclic amines) is 1. The third kappa shape index (κ3) is 4.77. The average molecular weight is 383 g/mol. The average Bonchev–Trinajstić information content (AvgIpc) is 3.21. The van der Waals surface area contributed by atoms with Crippen molar-refractivity contribution >= 4 is 17.6 Å². The first-order valence-corrected chi connectivity index (χ1v) is 10.4. The Labute approximate surface area is 166 Å². The Morgan fingerprint density at radius 3 is 2.39 bits per heavy atom. The molecule has 1 atom stereocenters. The van der Waals surface area contributed by atoms with Crippen molar-refractivity contribution in [1.29, 1.82) is 0 Å². The minimum absolute atomic E-state index is 0.0917. The maximum absolute atomic E-state index is 6.29. The molecule has 4 rings (SSSR count). The molecule has 150 valence electrons. The standard InChI is InChI=1S/C21H30N6O/c1-15(27-13-11-18(12-14-27)28-17-9-5-6-10-17)19-24-20(22)26-21(25-19)23-16-7-3-2-4-8-16/h2-4,7-8,15,17-18H,5-6,9-14H2,1H3,(H3,22,23,24,25,26)/t15-/m0/s1. The lowest BCUT2D eigenvalue weighted by Gasteiger charge is -2.36. The summed E-state index contributed by atoms with van der Waals surface area (Å²) < 4.78 is 6.29. The van der Waals surface area contributed by atoms with Crippen molar-refractivity contribution in [2.45, 2.75) is 63.7 Å². The van der Waals surface area contributed by atoms with Crippen molar-refractivity contribution in [2.24, 2.45) is 0 Å². The molecule has 1 aliphatic heterocycles. The third-order valence-electron chi connectivity index (χ3n) is 5.78. The molecule has 7 heteroatoms. The maximum atomic E-state index is 6.29. The number of nitrogens with zero attached hydrogens (tertiary/aromatic N) is 4. The van der Waals surface area contributed by atoms with Crippen LogP contribution in [0, 0.1) is 0 Å². The smallest absolute Gasteiger partial charge is 0.232 e. The summed E-state index contributed by atoms with van der Waals surface area (Å²) in [6, 6.07) is 9.94. The number of ether oxygens (including phenoxy) is 1. The van der Waals surface area contributed by atoms with Gasteiger partial charge in [0.15, 0.2) is 5.82 Å². The van der Waals surface area contributed by atoms with Crippen LogP contribution in [0.4, 0.5) is 17.6 Å². The van der Waals surface area contributed by atoms with Crippen LogP contribution in [0.2, 0.25) is 0 Å². The SMILES string of the molecule is C[C@@H](c1nc(N)nc(Nc2ccccc2)n1)N1CCC(OC2CCCC2)CC1. The van der Waals surface area contributed by atoms with E-state index in [2.05, 4.69) is 32.1 Å². The zero-order valence-electron chi connectivity index (χ0n) is 16.6. The Hall–Kier alpha value is -2.25. The van der Waals surface area contributed by atoms with Crippen LogP contribution in [-0.4, -0.2) is 45.1 Å². The van der Waals surface area contributed by atoms with Gasteiger partial charge < -0.3 is 15.8 Å². The Balaban J connectivity index is 1.37. The molecule has 2 aliphatic rings. The number of aromatic nitrogens is 3. The number of nitrogen functional groups attached to an aromatic ring is 1. The van der Waals surface area contributed by atoms with E-state index in [1.165, 1.54) is 25.7 Å². The van der Waals surface area contributed by atoms with Gasteiger partial charge in [0.1, 0.15) is 0 Å². The molecule has 0 bridgehead atoms. The summed E-state index contributed by atoms with van der Waals surface area (Å²) >= 11 is 0. The number of hydrogen-bond donors (Lipinski definition) is 2. The van der Waals surface area contributed by atoms with Gasteiger partial charge in [-0.25, -0.2) is 0 Å². The van der Waals surface area contributed by atoms with Crippen LogP contribution in [0.1, 0.15) is 57.3 Å². The van der Waals surface area contributed by atoms with E-state index < -0.39 is 0 Å². The largest absolute Gasteiger partial charge is 0.375 e. The van der Waals surface area contributed by atoms with Gasteiger partial charge in [0.25, 0.3) is 0 Å². The minimum atomic E-state index is 0.0917. The quantitative estimate of drug-likeness (QED) is 0.787. The molecule has 2 aromatic rings. The van der Waals surface area contributed by atoms with Crippen LogP contribution in [0.5, 0.6) is 0 Å². The Bertz CT molecular complexity index is 757. The molecular formula is C21H30N6O. The molecular weight excluding hydrogens is 352 g/mol. The molecule has 0 spiro atoms. The van der Waals surface area contributed by atoms with Crippen LogP contribution < -0.4 is 11.1 Å². The summed E-state index contributed by atoms with van der Waals surface area (Å²) in [7, 11) is 0. The highest BCUT2D eigenvalue weighted by Gasteiger charge is 2.28. The molecule has 7 nitrogen and oxygen atoms in total. The van der Waals surface area contributed by atoms with Gasteiger partial charge in [-0.3, -0.25) is 4.90 Å². The Morgan fingerprint density at radius 2 is 1.68 bits per heavy atom. The molecule has 2 fully saturated rings. The lowest BCUT2D eigenvalue weighted by Crippen LogP contribution is -2.40. The van der Waals surface area contributed by atoms with Crippen molar-refractivity contribution in [1.82, 2.24) is 19.9 Å². The van der Waals surface area contributed by atoms with E-state index in [0.717, 1.165) is 31.6 Å². The predicted octanol–water partition coefficient (Wildman–Crippen LogP) is 3.68. The van der Waals surface area contributed by atoms with Crippen LogP contribution in [-0.2, 0) is 4.74 Å². The van der Waals surface area contributed by atoms with Gasteiger partial charge in [0, 0.05) is 18.8 Å². The van der Waals surface area contributed by atoms with Crippen LogP contribution in [0.3, 0.4) is 0 Å². The number of para-hydroxylation sites is 1. The number of nitrogens with two attached hydrogens (primary N) is 1. The van der Waals surface area contributed by atoms with Crippen molar-refractivity contribution < 1.29 is 4.74 Å². The zero-order valence-corrected chi connectivity index (χ0v) is 16.6. The molecule has 2 heterocycles. The van der Waals surface area contributed by atoms with Crippen molar-refractivity contribution in [3.8, 4) is 0 Å². The fourth-order valence-corrected chi connectivity index (χ4v) is 4.16. The van der Waals surface area contributed by atoms with Gasteiger partial charge in [0.05, 0.1) is 18.2 Å². The second-order valence-corrected chi connectivity index (χ2v) is 7.82. The normalized spacial score (nSPS) is 20.3. The van der Waals surface area contributed by atoms with Gasteiger partial charge in [-0.2, -0.15) is 15.0 Å². The van der Waals surface area contributed by atoms with E-state index in [0.29, 0.717) is 24.0 Å². The highest BCUT2D eigenvalue weighted by atomic mass is 16.5. The molecule has 3 N–H and O–H groups in total. The highest BCUT2D eigenvalue weighted by Crippen LogP contribution is 2.28. The van der Waals surface area contributed by atoms with Crippen molar-refractivity contribution in [3.05, 3.63) is 36.2 Å². The minimum Gasteiger partial charge on any atom is -0.375 e. The molecule has 1 saturated carbocycles. The highest BCUT2D eigenvalue weighted by molar-refractivity contribution is 5.53. The lowest BCUT2D eigenvalue weighted by atomic mass is 10.1. The lowest BCUT2D eigenvalue weighted by molar-refractivity contribution is -0.0442. The van der Waals surface area contributed by atoms with E-state index in [4.69, 9.17) is 10.5 Å². The van der Waals surface area contributed by atoms with Crippen LogP contribution >= 0.6 is 0 Å². The van der Waals surface area contributed by atoms with E-state index in [1.807, 2.05) is 30.3 Å². The first kappa shape index (κ1) is 19.1. The van der Waals surface area contributed by atoms with Gasteiger partial charge >= 0.3 is 0 Å². The fraction of sp³-hybridized carbons (Fsp3) is 0.571. The molecule has 28 heavy (non-hydrogen) atoms. The molecule has 0 unspecified atom stereocenters. The number of hydrogen-bond acceptors (Lipinski definition) is 7. The molecule has 0 radical (unpaired) electrons. The van der Waals surface area contributed by atoms with E-state index in [9.17, 15) is 0 Å². The predicted molar refractivity (Wildman–Crippen MR) is 110 cm³/mol. The fourth-order valence-electron chi connectivity index (χ4n) is 4.16. The first-order chi connectivity index (χ1) is 13.7. The monoisotopic (exact) mass is 382 g/mol. The summed E-state index contributed by atoms with van der Waals surface area (Å²) in [6.07, 6.45) is 8.12. The number of piperidine rings is 1. The molecule has 1 saturated heterocycles. The topological polar surface area (TPSA) is 89.2 Å². The Kier molecular flexibility index (Phi) is 6.02. The van der Waals surface area contributed by atoms with Crippen LogP contribution in [0.25, 0.3) is 0 Å². The van der Waals surface area contributed by atoms with E-state index >= 15 is 0 Å². The third-order valence-corrected chi connectivity index (χ3v) is 5.78. The Morgan fingerprint density at radius 1 is 1.00 bits per heavy atom. The zero-order chi connectivity index (χ0) is 19.3. The van der Waals surface area contributed by atoms with E-state index in [1.54, 1.807) is 0 Å². The van der Waals surface area contributed by atoms with Gasteiger partial charge in [-0.1, -0.05) is 31.0 Å². The first-order valence-electron chi connectivity index (χ1n) is 10.4. The summed E-state index contributed by atoms with van der Waals surface area (Å²) in [5.74, 6) is 1.44. The van der Waals surface area contributed by atoms with Gasteiger partial charge in [-0.05, 0) is 44.7 Å². The molecule has 0 amide bonds. The summed E-state index contributed by atoms with van der Waals surface area (Å²) in [5, 5.41) is 3.21. The molecule has 1 aromatic heterocycles. The molecule has 1 aromatic carbocycles. The second-order valence-electron chi connectivity index (χ2n) is 7.82. The van der Waals surface area contributed by atoms with Crippen molar-refractivity contribution in [2.75, 3.05) is 24.1 Å². The second kappa shape index (κ2) is 8.84. The number of rotatable bonds is 6. The maximum Gasteiger partial charge on any atom is 0.232 e.